The van der Waals surface area contributed by atoms with Crippen LogP contribution in [0.5, 0.6) is 11.5 Å². The van der Waals surface area contributed by atoms with Gasteiger partial charge in [-0.25, -0.2) is 0 Å². The van der Waals surface area contributed by atoms with Crippen LogP contribution >= 0.6 is 24.0 Å². The van der Waals surface area contributed by atoms with Gasteiger partial charge in [0, 0.05) is 36.5 Å². The van der Waals surface area contributed by atoms with E-state index in [1.54, 1.807) is 38.6 Å². The van der Waals surface area contributed by atoms with Crippen LogP contribution in [0.15, 0.2) is 35.5 Å². The molecule has 154 valence electrons. The number of aliphatic imine (C=N–C) groups is 1. The molecule has 0 radical (unpaired) electrons. The number of rotatable bonds is 7. The molecule has 0 aliphatic rings. The number of aromatic nitrogens is 1. The van der Waals surface area contributed by atoms with E-state index in [0.717, 1.165) is 22.6 Å². The molecule has 9 heteroatoms. The van der Waals surface area contributed by atoms with Crippen molar-refractivity contribution in [1.29, 1.82) is 0 Å². The number of ether oxygens (including phenoxy) is 2. The molecule has 28 heavy (non-hydrogen) atoms. The molecule has 0 bridgehead atoms. The van der Waals surface area contributed by atoms with E-state index in [9.17, 15) is 8.78 Å². The van der Waals surface area contributed by atoms with Crippen LogP contribution in [-0.2, 0) is 13.1 Å². The molecule has 2 N–H and O–H groups in total. The highest BCUT2D eigenvalue weighted by molar-refractivity contribution is 14.0. The van der Waals surface area contributed by atoms with Crippen LogP contribution in [0.2, 0.25) is 0 Å². The number of nitrogens with zero attached hydrogens (tertiary/aromatic N) is 2. The predicted octanol–water partition coefficient (Wildman–Crippen LogP) is 3.79. The summed E-state index contributed by atoms with van der Waals surface area (Å²) >= 11 is 0. The van der Waals surface area contributed by atoms with E-state index >= 15 is 0 Å². The van der Waals surface area contributed by atoms with Crippen LogP contribution in [0, 0.1) is 13.8 Å². The fourth-order valence-corrected chi connectivity index (χ4v) is 2.68. The standard InChI is InChI=1S/C19H24F2N4O2.HI/c1-12-9-23-15(13(2)17(12)26-4)11-25-19(22-3)24-10-14-7-5-6-8-16(14)27-18(20)21;/h5-9,18H,10-11H2,1-4H3,(H2,22,24,25);1H. The summed E-state index contributed by atoms with van der Waals surface area (Å²) in [7, 11) is 3.26. The minimum absolute atomic E-state index is 0. The number of alkyl halides is 2. The first-order valence-corrected chi connectivity index (χ1v) is 8.42. The summed E-state index contributed by atoms with van der Waals surface area (Å²) in [4.78, 5) is 8.57. The van der Waals surface area contributed by atoms with Gasteiger partial charge < -0.3 is 20.1 Å². The Morgan fingerprint density at radius 3 is 2.50 bits per heavy atom. The fourth-order valence-electron chi connectivity index (χ4n) is 2.68. The van der Waals surface area contributed by atoms with E-state index in [1.165, 1.54) is 6.07 Å². The monoisotopic (exact) mass is 506 g/mol. The van der Waals surface area contributed by atoms with E-state index in [-0.39, 0.29) is 36.3 Å². The molecule has 1 aromatic carbocycles. The second-order valence-corrected chi connectivity index (χ2v) is 5.81. The van der Waals surface area contributed by atoms with Gasteiger partial charge in [-0.2, -0.15) is 8.78 Å². The van der Waals surface area contributed by atoms with Gasteiger partial charge in [0.1, 0.15) is 11.5 Å². The second-order valence-electron chi connectivity index (χ2n) is 5.81. The molecule has 2 rings (SSSR count). The number of hydrogen-bond donors (Lipinski definition) is 2. The zero-order valence-electron chi connectivity index (χ0n) is 16.3. The van der Waals surface area contributed by atoms with Gasteiger partial charge in [-0.05, 0) is 19.9 Å². The number of methoxy groups -OCH3 is 1. The largest absolute Gasteiger partial charge is 0.496 e. The quantitative estimate of drug-likeness (QED) is 0.340. The number of guanidine groups is 1. The van der Waals surface area contributed by atoms with Crippen molar-refractivity contribution in [2.24, 2.45) is 4.99 Å². The van der Waals surface area contributed by atoms with Gasteiger partial charge in [0.2, 0.25) is 0 Å². The third-order valence-electron chi connectivity index (χ3n) is 4.03. The minimum Gasteiger partial charge on any atom is -0.496 e. The summed E-state index contributed by atoms with van der Waals surface area (Å²) in [6.07, 6.45) is 1.76. The van der Waals surface area contributed by atoms with E-state index in [2.05, 4.69) is 25.3 Å². The van der Waals surface area contributed by atoms with Crippen molar-refractivity contribution in [3.63, 3.8) is 0 Å². The number of aryl methyl sites for hydroxylation is 1. The van der Waals surface area contributed by atoms with Gasteiger partial charge in [-0.1, -0.05) is 18.2 Å². The highest BCUT2D eigenvalue weighted by atomic mass is 127. The first-order chi connectivity index (χ1) is 13.0. The van der Waals surface area contributed by atoms with Crippen molar-refractivity contribution in [2.75, 3.05) is 14.2 Å². The fraction of sp³-hybridized carbons (Fsp3) is 0.368. The smallest absolute Gasteiger partial charge is 0.387 e. The molecule has 0 saturated carbocycles. The van der Waals surface area contributed by atoms with Crippen LogP contribution < -0.4 is 20.1 Å². The Morgan fingerprint density at radius 2 is 1.86 bits per heavy atom. The van der Waals surface area contributed by atoms with Crippen molar-refractivity contribution in [1.82, 2.24) is 15.6 Å². The van der Waals surface area contributed by atoms with Crippen LogP contribution in [0.3, 0.4) is 0 Å². The van der Waals surface area contributed by atoms with Gasteiger partial charge in [-0.3, -0.25) is 9.98 Å². The third kappa shape index (κ3) is 6.47. The molecule has 0 atom stereocenters. The van der Waals surface area contributed by atoms with E-state index in [0.29, 0.717) is 18.1 Å². The van der Waals surface area contributed by atoms with Gasteiger partial charge in [0.05, 0.1) is 19.3 Å². The summed E-state index contributed by atoms with van der Waals surface area (Å²) in [5.41, 5.74) is 3.36. The maximum absolute atomic E-state index is 12.5. The van der Waals surface area contributed by atoms with Crippen molar-refractivity contribution < 1.29 is 18.3 Å². The summed E-state index contributed by atoms with van der Waals surface area (Å²) in [5, 5.41) is 6.24. The van der Waals surface area contributed by atoms with Crippen LogP contribution in [-0.4, -0.2) is 31.7 Å². The molecular weight excluding hydrogens is 481 g/mol. The van der Waals surface area contributed by atoms with Crippen molar-refractivity contribution in [2.45, 2.75) is 33.5 Å². The van der Waals surface area contributed by atoms with Gasteiger partial charge in [0.25, 0.3) is 0 Å². The van der Waals surface area contributed by atoms with Gasteiger partial charge in [-0.15, -0.1) is 24.0 Å². The molecule has 0 fully saturated rings. The zero-order chi connectivity index (χ0) is 19.8. The second kappa shape index (κ2) is 11.6. The maximum atomic E-state index is 12.5. The molecule has 1 aromatic heterocycles. The van der Waals surface area contributed by atoms with Crippen molar-refractivity contribution >= 4 is 29.9 Å². The Kier molecular flexibility index (Phi) is 9.91. The lowest BCUT2D eigenvalue weighted by molar-refractivity contribution is -0.0504. The highest BCUT2D eigenvalue weighted by Crippen LogP contribution is 2.24. The van der Waals surface area contributed by atoms with E-state index in [4.69, 9.17) is 4.74 Å². The Morgan fingerprint density at radius 1 is 1.18 bits per heavy atom. The van der Waals surface area contributed by atoms with Crippen LogP contribution in [0.25, 0.3) is 0 Å². The summed E-state index contributed by atoms with van der Waals surface area (Å²) in [6.45, 7) is 1.75. The number of benzene rings is 1. The number of nitrogens with one attached hydrogen (secondary N) is 2. The van der Waals surface area contributed by atoms with Crippen molar-refractivity contribution in [3.05, 3.63) is 52.8 Å². The Balaban J connectivity index is 0.00000392. The third-order valence-corrected chi connectivity index (χ3v) is 4.03. The molecule has 0 amide bonds. The summed E-state index contributed by atoms with van der Waals surface area (Å²) in [5.74, 6) is 1.46. The van der Waals surface area contributed by atoms with E-state index < -0.39 is 6.61 Å². The normalized spacial score (nSPS) is 11.0. The number of halogens is 3. The predicted molar refractivity (Wildman–Crippen MR) is 116 cm³/mol. The maximum Gasteiger partial charge on any atom is 0.387 e. The number of para-hydroxylation sites is 1. The molecule has 1 heterocycles. The lowest BCUT2D eigenvalue weighted by atomic mass is 10.1. The SMILES string of the molecule is CN=C(NCc1ccccc1OC(F)F)NCc1ncc(C)c(OC)c1C.I. The molecule has 6 nitrogen and oxygen atoms in total. The highest BCUT2D eigenvalue weighted by Gasteiger charge is 2.11. The van der Waals surface area contributed by atoms with Crippen LogP contribution in [0.1, 0.15) is 22.4 Å². The Bertz CT molecular complexity index is 803. The molecule has 0 spiro atoms. The Hall–Kier alpha value is -2.17. The molecule has 0 saturated heterocycles. The lowest BCUT2D eigenvalue weighted by Gasteiger charge is -2.16. The van der Waals surface area contributed by atoms with Gasteiger partial charge in [0.15, 0.2) is 5.96 Å². The first-order valence-electron chi connectivity index (χ1n) is 8.42. The zero-order valence-corrected chi connectivity index (χ0v) is 18.6. The Labute approximate surface area is 180 Å². The molecule has 0 unspecified atom stereocenters. The first kappa shape index (κ1) is 23.9. The molecule has 0 aliphatic carbocycles. The number of pyridine rings is 1. The minimum atomic E-state index is -2.87. The van der Waals surface area contributed by atoms with Gasteiger partial charge >= 0.3 is 6.61 Å². The average Bonchev–Trinajstić information content (AvgIpc) is 2.64. The molecule has 0 aliphatic heterocycles. The average molecular weight is 506 g/mol. The number of hydrogen-bond acceptors (Lipinski definition) is 4. The van der Waals surface area contributed by atoms with Crippen molar-refractivity contribution in [3.8, 4) is 11.5 Å². The summed E-state index contributed by atoms with van der Waals surface area (Å²) in [6, 6.07) is 6.63. The molecular formula is C19H25F2IN4O2. The molecule has 2 aromatic rings. The lowest BCUT2D eigenvalue weighted by Crippen LogP contribution is -2.36. The summed E-state index contributed by atoms with van der Waals surface area (Å²) < 4.78 is 35.0. The van der Waals surface area contributed by atoms with E-state index in [1.807, 2.05) is 13.8 Å². The van der Waals surface area contributed by atoms with Crippen LogP contribution in [0.4, 0.5) is 8.78 Å². The topological polar surface area (TPSA) is 67.8 Å².